The zero-order chi connectivity index (χ0) is 43.2. The maximum absolute atomic E-state index is 12.6. The van der Waals surface area contributed by atoms with Crippen molar-refractivity contribution < 1.29 is 37.6 Å². The molecule has 10 heteroatoms. The molecule has 2 unspecified atom stereocenters. The molecule has 0 spiro atoms. The van der Waals surface area contributed by atoms with Crippen LogP contribution in [-0.2, 0) is 32.7 Å². The zero-order valence-electron chi connectivity index (χ0n) is 38.0. The lowest BCUT2D eigenvalue weighted by Gasteiger charge is -2.19. The molecule has 0 aromatic rings. The second-order valence-corrected chi connectivity index (χ2v) is 17.4. The Morgan fingerprint density at radius 1 is 0.508 bits per heavy atom. The summed E-state index contributed by atoms with van der Waals surface area (Å²) in [6, 6.07) is 0. The highest BCUT2D eigenvalue weighted by Crippen LogP contribution is 2.43. The number of carbonyl (C=O) groups is 2. The fourth-order valence-electron chi connectivity index (χ4n) is 6.58. The van der Waals surface area contributed by atoms with E-state index in [1.54, 1.807) is 0 Å². The van der Waals surface area contributed by atoms with Gasteiger partial charge in [-0.15, -0.1) is 0 Å². The highest BCUT2D eigenvalue weighted by molar-refractivity contribution is 7.47. The van der Waals surface area contributed by atoms with Crippen molar-refractivity contribution in [2.75, 3.05) is 26.4 Å². The van der Waals surface area contributed by atoms with Crippen molar-refractivity contribution in [1.29, 1.82) is 0 Å². The van der Waals surface area contributed by atoms with Crippen LogP contribution in [0.1, 0.15) is 219 Å². The molecule has 0 rings (SSSR count). The number of unbranched alkanes of at least 4 members (excludes halogenated alkanes) is 24. The summed E-state index contributed by atoms with van der Waals surface area (Å²) >= 11 is 0. The molecular weight excluding hydrogens is 762 g/mol. The number of hydrogen-bond donors (Lipinski definition) is 2. The van der Waals surface area contributed by atoms with Crippen LogP contribution < -0.4 is 5.73 Å². The predicted octanol–water partition coefficient (Wildman–Crippen LogP) is 14.3. The summed E-state index contributed by atoms with van der Waals surface area (Å²) in [7, 11) is -4.39. The number of phosphoric ester groups is 1. The van der Waals surface area contributed by atoms with Gasteiger partial charge in [-0.05, 0) is 77.0 Å². The molecular formula is C49H90NO8P. The lowest BCUT2D eigenvalue weighted by molar-refractivity contribution is -0.161. The minimum Gasteiger partial charge on any atom is -0.462 e. The molecule has 344 valence electrons. The minimum absolute atomic E-state index is 0.0492. The van der Waals surface area contributed by atoms with Crippen LogP contribution in [0.4, 0.5) is 0 Å². The number of esters is 2. The topological polar surface area (TPSA) is 134 Å². The van der Waals surface area contributed by atoms with Crippen LogP contribution >= 0.6 is 7.82 Å². The van der Waals surface area contributed by atoms with Crippen molar-refractivity contribution in [3.05, 3.63) is 48.6 Å². The molecule has 0 saturated heterocycles. The van der Waals surface area contributed by atoms with Gasteiger partial charge in [-0.2, -0.15) is 0 Å². The van der Waals surface area contributed by atoms with E-state index in [0.29, 0.717) is 6.42 Å². The van der Waals surface area contributed by atoms with Crippen LogP contribution in [-0.4, -0.2) is 49.3 Å². The van der Waals surface area contributed by atoms with E-state index < -0.39 is 26.5 Å². The van der Waals surface area contributed by atoms with Crippen LogP contribution in [0.25, 0.3) is 0 Å². The zero-order valence-corrected chi connectivity index (χ0v) is 38.9. The molecule has 0 amide bonds. The Balaban J connectivity index is 4.13. The van der Waals surface area contributed by atoms with Gasteiger partial charge in [0.1, 0.15) is 6.61 Å². The van der Waals surface area contributed by atoms with Gasteiger partial charge >= 0.3 is 19.8 Å². The molecule has 0 saturated carbocycles. The predicted molar refractivity (Wildman–Crippen MR) is 247 cm³/mol. The highest BCUT2D eigenvalue weighted by Gasteiger charge is 2.26. The summed E-state index contributed by atoms with van der Waals surface area (Å²) in [5.74, 6) is -0.845. The third-order valence-corrected chi connectivity index (χ3v) is 11.2. The van der Waals surface area contributed by atoms with Crippen LogP contribution in [0.2, 0.25) is 0 Å². The lowest BCUT2D eigenvalue weighted by Crippen LogP contribution is -2.29. The maximum atomic E-state index is 12.6. The quantitative estimate of drug-likeness (QED) is 0.0266. The minimum atomic E-state index is -4.39. The highest BCUT2D eigenvalue weighted by atomic mass is 31.2. The Labute approximate surface area is 362 Å². The van der Waals surface area contributed by atoms with E-state index in [1.807, 2.05) is 0 Å². The van der Waals surface area contributed by atoms with Gasteiger partial charge in [0, 0.05) is 19.4 Å². The van der Waals surface area contributed by atoms with Crippen molar-refractivity contribution in [2.24, 2.45) is 5.73 Å². The summed E-state index contributed by atoms with van der Waals surface area (Å²) in [6.07, 6.45) is 52.8. The molecule has 0 bridgehead atoms. The van der Waals surface area contributed by atoms with Gasteiger partial charge in [0.25, 0.3) is 0 Å². The molecule has 0 fully saturated rings. The van der Waals surface area contributed by atoms with Gasteiger partial charge in [0.2, 0.25) is 0 Å². The third-order valence-electron chi connectivity index (χ3n) is 10.2. The van der Waals surface area contributed by atoms with Crippen LogP contribution in [0.5, 0.6) is 0 Å². The average Bonchev–Trinajstić information content (AvgIpc) is 3.22. The summed E-state index contributed by atoms with van der Waals surface area (Å²) in [5.41, 5.74) is 5.36. The second kappa shape index (κ2) is 45.5. The first-order chi connectivity index (χ1) is 28.8. The number of hydrogen-bond acceptors (Lipinski definition) is 8. The first-order valence-corrected chi connectivity index (χ1v) is 25.6. The molecule has 0 aliphatic carbocycles. The fraction of sp³-hybridized carbons (Fsp3) is 0.796. The molecule has 0 aromatic carbocycles. The molecule has 0 aliphatic rings. The Bertz CT molecular complexity index is 1110. The van der Waals surface area contributed by atoms with E-state index in [4.69, 9.17) is 24.3 Å². The average molecular weight is 852 g/mol. The van der Waals surface area contributed by atoms with Gasteiger partial charge in [0.15, 0.2) is 6.10 Å². The van der Waals surface area contributed by atoms with E-state index >= 15 is 0 Å². The van der Waals surface area contributed by atoms with Gasteiger partial charge in [-0.1, -0.05) is 178 Å². The molecule has 9 nitrogen and oxygen atoms in total. The van der Waals surface area contributed by atoms with E-state index in [1.165, 1.54) is 103 Å². The number of phosphoric acid groups is 1. The summed E-state index contributed by atoms with van der Waals surface area (Å²) in [4.78, 5) is 35.0. The van der Waals surface area contributed by atoms with Gasteiger partial charge in [0.05, 0.1) is 13.2 Å². The number of rotatable bonds is 45. The van der Waals surface area contributed by atoms with Crippen molar-refractivity contribution in [3.63, 3.8) is 0 Å². The Hall–Kier alpha value is -2.03. The van der Waals surface area contributed by atoms with Gasteiger partial charge in [-0.25, -0.2) is 4.57 Å². The fourth-order valence-corrected chi connectivity index (χ4v) is 7.34. The van der Waals surface area contributed by atoms with Crippen LogP contribution in [0.3, 0.4) is 0 Å². The Morgan fingerprint density at radius 2 is 0.881 bits per heavy atom. The lowest BCUT2D eigenvalue weighted by atomic mass is 10.1. The number of ether oxygens (including phenoxy) is 2. The molecule has 0 radical (unpaired) electrons. The van der Waals surface area contributed by atoms with E-state index in [2.05, 4.69) is 62.5 Å². The summed E-state index contributed by atoms with van der Waals surface area (Å²) in [6.45, 7) is 3.71. The monoisotopic (exact) mass is 852 g/mol. The normalized spacial score (nSPS) is 13.6. The molecule has 0 aliphatic heterocycles. The number of allylic oxidation sites excluding steroid dienone is 8. The Kier molecular flexibility index (Phi) is 43.9. The molecule has 3 N–H and O–H groups in total. The van der Waals surface area contributed by atoms with E-state index in [0.717, 1.165) is 83.5 Å². The second-order valence-electron chi connectivity index (χ2n) is 16.0. The van der Waals surface area contributed by atoms with E-state index in [-0.39, 0.29) is 38.6 Å². The van der Waals surface area contributed by atoms with Crippen LogP contribution in [0.15, 0.2) is 48.6 Å². The largest absolute Gasteiger partial charge is 0.472 e. The maximum Gasteiger partial charge on any atom is 0.472 e. The van der Waals surface area contributed by atoms with Gasteiger partial charge in [-0.3, -0.25) is 18.6 Å². The first-order valence-electron chi connectivity index (χ1n) is 24.1. The first kappa shape index (κ1) is 57.0. The van der Waals surface area contributed by atoms with Crippen LogP contribution in [0, 0.1) is 0 Å². The van der Waals surface area contributed by atoms with Gasteiger partial charge < -0.3 is 20.1 Å². The third kappa shape index (κ3) is 45.3. The van der Waals surface area contributed by atoms with Crippen molar-refractivity contribution in [3.8, 4) is 0 Å². The molecule has 59 heavy (non-hydrogen) atoms. The van der Waals surface area contributed by atoms with E-state index in [9.17, 15) is 19.0 Å². The van der Waals surface area contributed by atoms with Crippen molar-refractivity contribution in [2.45, 2.75) is 225 Å². The summed E-state index contributed by atoms with van der Waals surface area (Å²) in [5, 5.41) is 0. The Morgan fingerprint density at radius 3 is 1.32 bits per heavy atom. The number of carbonyl (C=O) groups excluding carboxylic acids is 2. The standard InChI is InChI=1S/C49H90NO8P/c1-3-5-7-9-11-13-15-17-19-21-22-23-24-26-28-30-32-34-36-38-40-42-49(52)58-47(46-57-59(53,54)56-44-43-50)45-55-48(51)41-39-37-35-33-31-29-27-25-20-18-16-14-12-10-8-6-4-2/h15,17-18,20-22,24,26,47H,3-14,16,19,23,25,27-46,50H2,1-2H3,(H,53,54)/b17-15-,20-18-,22-21-,26-24-. The molecule has 0 aromatic heterocycles. The van der Waals surface area contributed by atoms with Crippen molar-refractivity contribution in [1.82, 2.24) is 0 Å². The number of nitrogens with two attached hydrogens (primary N) is 1. The molecule has 0 heterocycles. The molecule has 2 atom stereocenters. The summed E-state index contributed by atoms with van der Waals surface area (Å²) < 4.78 is 32.9. The van der Waals surface area contributed by atoms with Crippen molar-refractivity contribution >= 4 is 19.8 Å². The smallest absolute Gasteiger partial charge is 0.462 e. The SMILES string of the molecule is CCCCCCC/C=C\C/C=C\C/C=C\CCCCCCCCC(=O)OC(COC(=O)CCCCCCCCC/C=C\CCCCCCCC)COP(=O)(O)OCCN.